The molecule has 0 aliphatic carbocycles. The Labute approximate surface area is 139 Å². The molecule has 0 unspecified atom stereocenters. The van der Waals surface area contributed by atoms with E-state index in [1.807, 2.05) is 6.07 Å². The molecule has 0 aliphatic rings. The van der Waals surface area contributed by atoms with Crippen LogP contribution in [0.2, 0.25) is 0 Å². The summed E-state index contributed by atoms with van der Waals surface area (Å²) in [5.74, 6) is -0.680. The maximum absolute atomic E-state index is 11.9. The zero-order valence-electron chi connectivity index (χ0n) is 13.2. The van der Waals surface area contributed by atoms with Crippen molar-refractivity contribution in [3.8, 4) is 0 Å². The topological polar surface area (TPSA) is 88.3 Å². The van der Waals surface area contributed by atoms with Gasteiger partial charge < -0.3 is 11.1 Å². The van der Waals surface area contributed by atoms with Crippen molar-refractivity contribution in [1.82, 2.24) is 9.88 Å². The van der Waals surface area contributed by atoms with Gasteiger partial charge in [0.15, 0.2) is 5.13 Å². The molecule has 0 saturated carbocycles. The Hall–Kier alpha value is -2.25. The van der Waals surface area contributed by atoms with Crippen LogP contribution in [0.4, 0.5) is 5.13 Å². The number of anilines is 1. The number of benzene rings is 1. The highest BCUT2D eigenvalue weighted by Gasteiger charge is 2.11. The summed E-state index contributed by atoms with van der Waals surface area (Å²) in [5, 5.41) is 3.30. The summed E-state index contributed by atoms with van der Waals surface area (Å²) in [5.41, 5.74) is 7.52. The number of rotatable bonds is 7. The van der Waals surface area contributed by atoms with E-state index in [1.165, 1.54) is 22.5 Å². The van der Waals surface area contributed by atoms with Gasteiger partial charge in [-0.2, -0.15) is 0 Å². The lowest BCUT2D eigenvalue weighted by Crippen LogP contribution is -2.36. The Balaban J connectivity index is 1.89. The second-order valence-corrected chi connectivity index (χ2v) is 6.60. The summed E-state index contributed by atoms with van der Waals surface area (Å²) in [7, 11) is 1.66. The molecule has 0 radical (unpaired) electrons. The molecule has 1 aromatic heterocycles. The number of aryl methyl sites for hydroxylation is 1. The number of hydrogen-bond acceptors (Lipinski definition) is 5. The van der Waals surface area contributed by atoms with Crippen molar-refractivity contribution in [2.75, 3.05) is 25.5 Å². The van der Waals surface area contributed by atoms with Crippen LogP contribution < -0.4 is 11.1 Å². The molecule has 0 spiro atoms. The van der Waals surface area contributed by atoms with Crippen LogP contribution in [0, 0.1) is 6.92 Å². The summed E-state index contributed by atoms with van der Waals surface area (Å²) >= 11 is 1.45. The highest BCUT2D eigenvalue weighted by molar-refractivity contribution is 7.15. The van der Waals surface area contributed by atoms with Gasteiger partial charge in [-0.3, -0.25) is 14.5 Å². The zero-order chi connectivity index (χ0) is 16.8. The Kier molecular flexibility index (Phi) is 5.84. The number of carbonyl (C=O) groups excluding carboxylic acids is 2. The molecule has 2 rings (SSSR count). The van der Waals surface area contributed by atoms with Crippen LogP contribution in [-0.4, -0.2) is 41.8 Å². The van der Waals surface area contributed by atoms with E-state index in [2.05, 4.69) is 35.4 Å². The predicted molar refractivity (Wildman–Crippen MR) is 91.4 cm³/mol. The van der Waals surface area contributed by atoms with Crippen molar-refractivity contribution in [3.63, 3.8) is 0 Å². The van der Waals surface area contributed by atoms with E-state index in [-0.39, 0.29) is 19.0 Å². The average molecular weight is 332 g/mol. The van der Waals surface area contributed by atoms with Crippen molar-refractivity contribution in [1.29, 1.82) is 0 Å². The fourth-order valence-electron chi connectivity index (χ4n) is 2.20. The molecule has 0 fully saturated rings. The molecule has 2 amide bonds. The first-order valence-electron chi connectivity index (χ1n) is 7.19. The predicted octanol–water partition coefficient (Wildman–Crippen LogP) is 1.40. The van der Waals surface area contributed by atoms with E-state index in [0.717, 1.165) is 11.3 Å². The molecule has 0 bridgehead atoms. The minimum Gasteiger partial charge on any atom is -0.369 e. The maximum atomic E-state index is 11.9. The smallest absolute Gasteiger partial charge is 0.240 e. The summed E-state index contributed by atoms with van der Waals surface area (Å²) in [6.07, 6.45) is 2.56. The van der Waals surface area contributed by atoms with Crippen LogP contribution in [0.5, 0.6) is 0 Å². The van der Waals surface area contributed by atoms with Gasteiger partial charge in [0.25, 0.3) is 0 Å². The van der Waals surface area contributed by atoms with Gasteiger partial charge in [-0.25, -0.2) is 4.98 Å². The first kappa shape index (κ1) is 17.1. The number of carbonyl (C=O) groups is 2. The highest BCUT2D eigenvalue weighted by Crippen LogP contribution is 2.21. The third-order valence-corrected chi connectivity index (χ3v) is 4.01. The number of hydrogen-bond donors (Lipinski definition) is 2. The first-order valence-corrected chi connectivity index (χ1v) is 8.01. The molecule has 23 heavy (non-hydrogen) atoms. The summed E-state index contributed by atoms with van der Waals surface area (Å²) in [4.78, 5) is 29.5. The Bertz CT molecular complexity index is 699. The van der Waals surface area contributed by atoms with Crippen LogP contribution in [0.3, 0.4) is 0 Å². The minimum absolute atomic E-state index is 0.0455. The monoisotopic (exact) mass is 332 g/mol. The lowest BCUT2D eigenvalue weighted by molar-refractivity contribution is -0.120. The third-order valence-electron chi connectivity index (χ3n) is 3.10. The lowest BCUT2D eigenvalue weighted by Gasteiger charge is -2.12. The number of nitrogens with two attached hydrogens (primary N) is 1. The van der Waals surface area contributed by atoms with Gasteiger partial charge in [-0.1, -0.05) is 29.8 Å². The quantitative estimate of drug-likeness (QED) is 0.802. The number of thiazole rings is 1. The SMILES string of the molecule is Cc1cccc(Cc2cnc(NC(=O)CN(C)CC(N)=O)s2)c1. The van der Waals surface area contributed by atoms with Crippen LogP contribution in [0.15, 0.2) is 30.5 Å². The van der Waals surface area contributed by atoms with E-state index in [1.54, 1.807) is 18.1 Å². The van der Waals surface area contributed by atoms with Crippen molar-refractivity contribution in [3.05, 3.63) is 46.5 Å². The van der Waals surface area contributed by atoms with Crippen molar-refractivity contribution < 1.29 is 9.59 Å². The zero-order valence-corrected chi connectivity index (χ0v) is 14.0. The van der Waals surface area contributed by atoms with Crippen molar-refractivity contribution >= 4 is 28.3 Å². The Morgan fingerprint density at radius 2 is 2.13 bits per heavy atom. The molecule has 0 saturated heterocycles. The fraction of sp³-hybridized carbons (Fsp3) is 0.312. The van der Waals surface area contributed by atoms with Crippen molar-refractivity contribution in [2.24, 2.45) is 5.73 Å². The van der Waals surface area contributed by atoms with Crippen LogP contribution in [-0.2, 0) is 16.0 Å². The Morgan fingerprint density at radius 3 is 2.83 bits per heavy atom. The standard InChI is InChI=1S/C16H20N4O2S/c1-11-4-3-5-12(6-11)7-13-8-18-16(23-13)19-15(22)10-20(2)9-14(17)21/h3-6,8H,7,9-10H2,1-2H3,(H2,17,21)(H,18,19,22). The summed E-state index contributed by atoms with van der Waals surface area (Å²) < 4.78 is 0. The average Bonchev–Trinajstić information content (AvgIpc) is 2.84. The van der Waals surface area contributed by atoms with Gasteiger partial charge in [-0.15, -0.1) is 11.3 Å². The van der Waals surface area contributed by atoms with Gasteiger partial charge in [-0.05, 0) is 19.5 Å². The molecule has 3 N–H and O–H groups in total. The molecule has 6 nitrogen and oxygen atoms in total. The van der Waals surface area contributed by atoms with Crippen LogP contribution >= 0.6 is 11.3 Å². The molecule has 122 valence electrons. The molecule has 0 aliphatic heterocycles. The van der Waals surface area contributed by atoms with E-state index < -0.39 is 5.91 Å². The number of nitrogens with one attached hydrogen (secondary N) is 1. The number of aromatic nitrogens is 1. The summed E-state index contributed by atoms with van der Waals surface area (Å²) in [6, 6.07) is 8.30. The maximum Gasteiger partial charge on any atom is 0.240 e. The minimum atomic E-state index is -0.463. The second-order valence-electron chi connectivity index (χ2n) is 5.48. The number of amides is 2. The number of nitrogens with zero attached hydrogens (tertiary/aromatic N) is 2. The normalized spacial score (nSPS) is 10.7. The molecule has 1 aromatic carbocycles. The molecule has 7 heteroatoms. The number of primary amides is 1. The molecule has 2 aromatic rings. The summed E-state index contributed by atoms with van der Waals surface area (Å²) in [6.45, 7) is 2.20. The van der Waals surface area contributed by atoms with E-state index in [9.17, 15) is 9.59 Å². The van der Waals surface area contributed by atoms with Gasteiger partial charge in [0, 0.05) is 17.5 Å². The van der Waals surface area contributed by atoms with Crippen molar-refractivity contribution in [2.45, 2.75) is 13.3 Å². The largest absolute Gasteiger partial charge is 0.369 e. The van der Waals surface area contributed by atoms with Crippen LogP contribution in [0.25, 0.3) is 0 Å². The van der Waals surface area contributed by atoms with E-state index in [4.69, 9.17) is 5.73 Å². The third kappa shape index (κ3) is 5.80. The van der Waals surface area contributed by atoms with Gasteiger partial charge in [0.2, 0.25) is 11.8 Å². The first-order chi connectivity index (χ1) is 10.9. The molecule has 1 heterocycles. The second kappa shape index (κ2) is 7.85. The molecular formula is C16H20N4O2S. The Morgan fingerprint density at radius 1 is 1.35 bits per heavy atom. The lowest BCUT2D eigenvalue weighted by atomic mass is 10.1. The fourth-order valence-corrected chi connectivity index (χ4v) is 3.06. The highest BCUT2D eigenvalue weighted by atomic mass is 32.1. The molecular weight excluding hydrogens is 312 g/mol. The van der Waals surface area contributed by atoms with Gasteiger partial charge in [0.05, 0.1) is 13.1 Å². The van der Waals surface area contributed by atoms with E-state index >= 15 is 0 Å². The van der Waals surface area contributed by atoms with E-state index in [0.29, 0.717) is 5.13 Å². The molecule has 0 atom stereocenters. The van der Waals surface area contributed by atoms with Gasteiger partial charge in [0.1, 0.15) is 0 Å². The van der Waals surface area contributed by atoms with Crippen LogP contribution in [0.1, 0.15) is 16.0 Å². The van der Waals surface area contributed by atoms with Gasteiger partial charge >= 0.3 is 0 Å². The number of likely N-dealkylation sites (N-methyl/N-ethyl adjacent to an activating group) is 1.